The molecule has 0 radical (unpaired) electrons. The summed E-state index contributed by atoms with van der Waals surface area (Å²) in [6, 6.07) is 7.26. The second kappa shape index (κ2) is 11.3. The van der Waals surface area contributed by atoms with Gasteiger partial charge in [0.2, 0.25) is 5.91 Å². The molecule has 0 fully saturated rings. The SMILES string of the molecule is CC[C@@H](C=CC(=O)N1CCc2ccccc21)NC(=O)[C@@H](N)CC.O=C(O)C(F)(F)F. The number of alkyl halides is 3. The highest BCUT2D eigenvalue weighted by Crippen LogP contribution is 2.27. The molecule has 0 unspecified atom stereocenters. The van der Waals surface area contributed by atoms with E-state index < -0.39 is 18.2 Å². The number of hydrogen-bond acceptors (Lipinski definition) is 4. The molecule has 2 amide bonds. The number of carboxylic acid groups (broad SMARTS) is 1. The predicted octanol–water partition coefficient (Wildman–Crippen LogP) is 2.40. The van der Waals surface area contributed by atoms with Gasteiger partial charge in [0.1, 0.15) is 0 Å². The minimum Gasteiger partial charge on any atom is -0.475 e. The normalized spacial score (nSPS) is 15.1. The number of rotatable bonds is 6. The minimum atomic E-state index is -5.08. The third-order valence-corrected chi connectivity index (χ3v) is 4.41. The van der Waals surface area contributed by atoms with Gasteiger partial charge in [-0.15, -0.1) is 0 Å². The number of carboxylic acids is 1. The lowest BCUT2D eigenvalue weighted by atomic mass is 10.1. The first kappa shape index (κ1) is 25.2. The fraction of sp³-hybridized carbons (Fsp3) is 0.450. The minimum absolute atomic E-state index is 0.0533. The van der Waals surface area contributed by atoms with Gasteiger partial charge in [0.05, 0.1) is 6.04 Å². The Hall–Kier alpha value is -2.88. The number of fused-ring (bicyclic) bond motifs is 1. The smallest absolute Gasteiger partial charge is 0.475 e. The Morgan fingerprint density at radius 1 is 1.23 bits per heavy atom. The molecular formula is C20H26F3N3O4. The molecule has 2 atom stereocenters. The van der Waals surface area contributed by atoms with Crippen LogP contribution < -0.4 is 16.0 Å². The number of hydrogen-bond donors (Lipinski definition) is 3. The molecule has 7 nitrogen and oxygen atoms in total. The van der Waals surface area contributed by atoms with Gasteiger partial charge in [0.15, 0.2) is 0 Å². The fourth-order valence-electron chi connectivity index (χ4n) is 2.62. The molecule has 1 aromatic rings. The zero-order valence-electron chi connectivity index (χ0n) is 16.8. The van der Waals surface area contributed by atoms with Gasteiger partial charge < -0.3 is 21.1 Å². The number of aliphatic carboxylic acids is 1. The number of anilines is 1. The Labute approximate surface area is 172 Å². The average Bonchev–Trinajstić information content (AvgIpc) is 3.14. The van der Waals surface area contributed by atoms with Crippen molar-refractivity contribution >= 4 is 23.5 Å². The number of carbonyl (C=O) groups excluding carboxylic acids is 2. The second-order valence-electron chi connectivity index (χ2n) is 6.57. The van der Waals surface area contributed by atoms with E-state index in [1.165, 1.54) is 5.56 Å². The number of nitrogens with zero attached hydrogens (tertiary/aromatic N) is 1. The summed E-state index contributed by atoms with van der Waals surface area (Å²) in [7, 11) is 0. The molecular weight excluding hydrogens is 403 g/mol. The summed E-state index contributed by atoms with van der Waals surface area (Å²) in [5.74, 6) is -2.99. The summed E-state index contributed by atoms with van der Waals surface area (Å²) < 4.78 is 31.7. The quantitative estimate of drug-likeness (QED) is 0.601. The predicted molar refractivity (Wildman–Crippen MR) is 106 cm³/mol. The number of amides is 2. The van der Waals surface area contributed by atoms with E-state index >= 15 is 0 Å². The maximum atomic E-state index is 12.4. The zero-order valence-corrected chi connectivity index (χ0v) is 16.8. The van der Waals surface area contributed by atoms with Crippen molar-refractivity contribution in [2.75, 3.05) is 11.4 Å². The molecule has 4 N–H and O–H groups in total. The summed E-state index contributed by atoms with van der Waals surface area (Å²) in [5.41, 5.74) is 7.89. The van der Waals surface area contributed by atoms with Gasteiger partial charge in [-0.25, -0.2) is 4.79 Å². The molecule has 30 heavy (non-hydrogen) atoms. The highest BCUT2D eigenvalue weighted by molar-refractivity contribution is 6.03. The van der Waals surface area contributed by atoms with Gasteiger partial charge in [-0.3, -0.25) is 9.59 Å². The summed E-state index contributed by atoms with van der Waals surface area (Å²) in [4.78, 5) is 34.9. The summed E-state index contributed by atoms with van der Waals surface area (Å²) in [5, 5.41) is 9.99. The highest BCUT2D eigenvalue weighted by Gasteiger charge is 2.38. The van der Waals surface area contributed by atoms with Crippen LogP contribution in [0.15, 0.2) is 36.4 Å². The van der Waals surface area contributed by atoms with Crippen LogP contribution in [-0.4, -0.2) is 47.7 Å². The first-order chi connectivity index (χ1) is 14.0. The zero-order chi connectivity index (χ0) is 22.9. The van der Waals surface area contributed by atoms with Gasteiger partial charge in [-0.05, 0) is 30.9 Å². The largest absolute Gasteiger partial charge is 0.490 e. The Balaban J connectivity index is 0.000000553. The lowest BCUT2D eigenvalue weighted by Gasteiger charge is -2.17. The Morgan fingerprint density at radius 3 is 2.37 bits per heavy atom. The van der Waals surface area contributed by atoms with Gasteiger partial charge in [-0.2, -0.15) is 13.2 Å². The highest BCUT2D eigenvalue weighted by atomic mass is 19.4. The van der Waals surface area contributed by atoms with Crippen molar-refractivity contribution in [3.05, 3.63) is 42.0 Å². The van der Waals surface area contributed by atoms with Crippen LogP contribution in [0.5, 0.6) is 0 Å². The molecule has 1 aromatic carbocycles. The van der Waals surface area contributed by atoms with Gasteiger partial charge in [0.25, 0.3) is 5.91 Å². The van der Waals surface area contributed by atoms with Crippen LogP contribution in [0.1, 0.15) is 32.3 Å². The van der Waals surface area contributed by atoms with Crippen LogP contribution in [-0.2, 0) is 20.8 Å². The van der Waals surface area contributed by atoms with Gasteiger partial charge in [0, 0.05) is 24.4 Å². The number of benzene rings is 1. The topological polar surface area (TPSA) is 113 Å². The van der Waals surface area contributed by atoms with Crippen molar-refractivity contribution < 1.29 is 32.7 Å². The Morgan fingerprint density at radius 2 is 1.83 bits per heavy atom. The summed E-state index contributed by atoms with van der Waals surface area (Å²) >= 11 is 0. The van der Waals surface area contributed by atoms with E-state index in [4.69, 9.17) is 15.6 Å². The van der Waals surface area contributed by atoms with Gasteiger partial charge in [-0.1, -0.05) is 38.1 Å². The van der Waals surface area contributed by atoms with Crippen LogP contribution >= 0.6 is 0 Å². The maximum Gasteiger partial charge on any atom is 0.490 e. The maximum absolute atomic E-state index is 12.4. The molecule has 0 bridgehead atoms. The van der Waals surface area contributed by atoms with Crippen LogP contribution in [0.4, 0.5) is 18.9 Å². The summed E-state index contributed by atoms with van der Waals surface area (Å²) in [6.07, 6.45) is 0.407. The van der Waals surface area contributed by atoms with E-state index in [1.807, 2.05) is 38.1 Å². The van der Waals surface area contributed by atoms with Gasteiger partial charge >= 0.3 is 12.1 Å². The molecule has 0 aromatic heterocycles. The number of para-hydroxylation sites is 1. The molecule has 10 heteroatoms. The van der Waals surface area contributed by atoms with Crippen molar-refractivity contribution in [2.45, 2.75) is 51.4 Å². The van der Waals surface area contributed by atoms with E-state index in [2.05, 4.69) is 5.32 Å². The van der Waals surface area contributed by atoms with Crippen LogP contribution in [0.25, 0.3) is 0 Å². The number of carbonyl (C=O) groups is 3. The van der Waals surface area contributed by atoms with Crippen LogP contribution in [0, 0.1) is 0 Å². The number of nitrogens with two attached hydrogens (primary N) is 1. The molecule has 1 aliphatic heterocycles. The Kier molecular flexibility index (Phi) is 9.51. The van der Waals surface area contributed by atoms with E-state index in [9.17, 15) is 22.8 Å². The van der Waals surface area contributed by atoms with E-state index in [-0.39, 0.29) is 17.9 Å². The standard InChI is InChI=1S/C18H25N3O2.C2HF3O2/c1-3-14(20-18(23)15(19)4-2)9-10-17(22)21-12-11-13-7-5-6-8-16(13)21;3-2(4,5)1(6)7/h5-10,14-15H,3-4,11-12,19H2,1-2H3,(H,20,23);(H,6,7)/t14-,15-;/m0./s1. The second-order valence-corrected chi connectivity index (χ2v) is 6.57. The van der Waals surface area contributed by atoms with Crippen molar-refractivity contribution in [1.29, 1.82) is 0 Å². The molecule has 0 spiro atoms. The molecule has 0 saturated heterocycles. The lowest BCUT2D eigenvalue weighted by molar-refractivity contribution is -0.192. The average molecular weight is 429 g/mol. The number of halogens is 3. The van der Waals surface area contributed by atoms with E-state index in [1.54, 1.807) is 17.1 Å². The van der Waals surface area contributed by atoms with Crippen molar-refractivity contribution in [3.63, 3.8) is 0 Å². The summed E-state index contributed by atoms with van der Waals surface area (Å²) in [6.45, 7) is 4.53. The molecule has 0 saturated carbocycles. The molecule has 1 heterocycles. The molecule has 166 valence electrons. The molecule has 2 rings (SSSR count). The molecule has 1 aliphatic rings. The van der Waals surface area contributed by atoms with Crippen molar-refractivity contribution in [3.8, 4) is 0 Å². The third-order valence-electron chi connectivity index (χ3n) is 4.41. The monoisotopic (exact) mass is 429 g/mol. The van der Waals surface area contributed by atoms with Crippen molar-refractivity contribution in [1.82, 2.24) is 5.32 Å². The number of nitrogens with one attached hydrogen (secondary N) is 1. The van der Waals surface area contributed by atoms with E-state index in [0.717, 1.165) is 12.1 Å². The van der Waals surface area contributed by atoms with Crippen molar-refractivity contribution in [2.24, 2.45) is 5.73 Å². The van der Waals surface area contributed by atoms with Crippen LogP contribution in [0.3, 0.4) is 0 Å². The molecule has 0 aliphatic carbocycles. The first-order valence-electron chi connectivity index (χ1n) is 9.44. The lowest BCUT2D eigenvalue weighted by Crippen LogP contribution is -2.44. The Bertz CT molecular complexity index is 781. The first-order valence-corrected chi connectivity index (χ1v) is 9.44. The van der Waals surface area contributed by atoms with E-state index in [0.29, 0.717) is 19.4 Å². The third kappa shape index (κ3) is 7.51. The van der Waals surface area contributed by atoms with Crippen LogP contribution in [0.2, 0.25) is 0 Å². The fourth-order valence-corrected chi connectivity index (χ4v) is 2.62.